The molecule has 2 N–H and O–H groups in total. The molecule has 174 valence electrons. The van der Waals surface area contributed by atoms with E-state index in [1.807, 2.05) is 37.3 Å². The van der Waals surface area contributed by atoms with Crippen LogP contribution in [0, 0.1) is 0 Å². The number of anilines is 1. The van der Waals surface area contributed by atoms with Crippen LogP contribution in [0.2, 0.25) is 0 Å². The molecule has 1 aliphatic rings. The van der Waals surface area contributed by atoms with Crippen LogP contribution in [-0.2, 0) is 13.1 Å². The van der Waals surface area contributed by atoms with E-state index in [4.69, 9.17) is 9.98 Å². The second kappa shape index (κ2) is 11.1. The van der Waals surface area contributed by atoms with E-state index in [1.54, 1.807) is 0 Å². The molecule has 4 rings (SSSR count). The Balaban J connectivity index is 1.40. The van der Waals surface area contributed by atoms with Crippen LogP contribution in [-0.4, -0.2) is 60.6 Å². The third-order valence-corrected chi connectivity index (χ3v) is 6.04. The van der Waals surface area contributed by atoms with Gasteiger partial charge in [-0.05, 0) is 49.6 Å². The number of hydrogen-bond acceptors (Lipinski definition) is 5. The predicted molar refractivity (Wildman–Crippen MR) is 137 cm³/mol. The van der Waals surface area contributed by atoms with E-state index < -0.39 is 0 Å². The Labute approximate surface area is 196 Å². The maximum Gasteiger partial charge on any atom is 0.191 e. The lowest BCUT2D eigenvalue weighted by molar-refractivity contribution is 0.196. The molecule has 1 fully saturated rings. The van der Waals surface area contributed by atoms with Gasteiger partial charge in [-0.15, -0.1) is 0 Å². The van der Waals surface area contributed by atoms with Crippen molar-refractivity contribution in [2.24, 2.45) is 4.99 Å². The molecule has 2 aromatic heterocycles. The van der Waals surface area contributed by atoms with Gasteiger partial charge in [0.1, 0.15) is 5.82 Å². The summed E-state index contributed by atoms with van der Waals surface area (Å²) in [5.41, 5.74) is 3.33. The highest BCUT2D eigenvalue weighted by Crippen LogP contribution is 2.23. The number of nitrogens with zero attached hydrogens (tertiary/aromatic N) is 5. The third-order valence-electron chi connectivity index (χ3n) is 6.04. The van der Waals surface area contributed by atoms with Gasteiger partial charge in [-0.3, -0.25) is 9.88 Å². The number of piperidine rings is 1. The number of hydrogen-bond donors (Lipinski definition) is 2. The van der Waals surface area contributed by atoms with Crippen molar-refractivity contribution in [1.82, 2.24) is 25.5 Å². The topological polar surface area (TPSA) is 68.7 Å². The Hall–Kier alpha value is -3.19. The molecular weight excluding hydrogens is 410 g/mol. The first-order valence-corrected chi connectivity index (χ1v) is 11.9. The number of nitrogens with one attached hydrogen (secondary N) is 2. The van der Waals surface area contributed by atoms with Gasteiger partial charge >= 0.3 is 0 Å². The molecule has 0 spiro atoms. The number of para-hydroxylation sites is 1. The van der Waals surface area contributed by atoms with E-state index in [0.717, 1.165) is 67.4 Å². The van der Waals surface area contributed by atoms with Crippen LogP contribution in [0.5, 0.6) is 0 Å². The molecule has 33 heavy (non-hydrogen) atoms. The van der Waals surface area contributed by atoms with Crippen molar-refractivity contribution in [3.05, 3.63) is 66.0 Å². The predicted octanol–water partition coefficient (Wildman–Crippen LogP) is 3.42. The molecular formula is C26H35N7. The number of aromatic nitrogens is 2. The molecule has 0 aliphatic carbocycles. The fourth-order valence-corrected chi connectivity index (χ4v) is 4.23. The third kappa shape index (κ3) is 6.20. The molecule has 0 bridgehead atoms. The lowest BCUT2D eigenvalue weighted by Crippen LogP contribution is -2.48. The van der Waals surface area contributed by atoms with Gasteiger partial charge < -0.3 is 15.5 Å². The molecule has 3 aromatic rings. The van der Waals surface area contributed by atoms with Crippen molar-refractivity contribution in [2.75, 3.05) is 38.6 Å². The lowest BCUT2D eigenvalue weighted by atomic mass is 10.0. The first-order valence-electron chi connectivity index (χ1n) is 11.9. The molecule has 0 atom stereocenters. The quantitative estimate of drug-likeness (QED) is 0.429. The molecule has 0 radical (unpaired) electrons. The highest BCUT2D eigenvalue weighted by molar-refractivity contribution is 5.85. The van der Waals surface area contributed by atoms with E-state index in [2.05, 4.69) is 63.8 Å². The van der Waals surface area contributed by atoms with Crippen molar-refractivity contribution in [3.8, 4) is 0 Å². The van der Waals surface area contributed by atoms with Crippen molar-refractivity contribution < 1.29 is 0 Å². The normalized spacial score (nSPS) is 15.5. The minimum atomic E-state index is 0.425. The summed E-state index contributed by atoms with van der Waals surface area (Å²) >= 11 is 0. The molecule has 0 unspecified atom stereocenters. The molecule has 3 heterocycles. The number of likely N-dealkylation sites (tertiary alicyclic amines) is 1. The summed E-state index contributed by atoms with van der Waals surface area (Å²) in [5.74, 6) is 1.84. The zero-order valence-electron chi connectivity index (χ0n) is 20.0. The van der Waals surface area contributed by atoms with Crippen LogP contribution in [0.1, 0.15) is 31.0 Å². The van der Waals surface area contributed by atoms with Crippen LogP contribution < -0.4 is 15.5 Å². The van der Waals surface area contributed by atoms with Gasteiger partial charge in [-0.1, -0.05) is 24.3 Å². The minimum absolute atomic E-state index is 0.425. The summed E-state index contributed by atoms with van der Waals surface area (Å²) in [4.78, 5) is 18.7. The zero-order valence-corrected chi connectivity index (χ0v) is 20.0. The van der Waals surface area contributed by atoms with Crippen molar-refractivity contribution >= 4 is 22.7 Å². The van der Waals surface area contributed by atoms with Gasteiger partial charge in [0.25, 0.3) is 0 Å². The second-order valence-corrected chi connectivity index (χ2v) is 8.76. The van der Waals surface area contributed by atoms with Gasteiger partial charge in [0.2, 0.25) is 0 Å². The highest BCUT2D eigenvalue weighted by atomic mass is 15.2. The number of pyridine rings is 2. The van der Waals surface area contributed by atoms with Gasteiger partial charge in [0.15, 0.2) is 5.96 Å². The maximum atomic E-state index is 4.94. The molecule has 1 aromatic carbocycles. The summed E-state index contributed by atoms with van der Waals surface area (Å²) in [6.07, 6.45) is 4.07. The van der Waals surface area contributed by atoms with Crippen LogP contribution >= 0.6 is 0 Å². The Kier molecular flexibility index (Phi) is 7.73. The van der Waals surface area contributed by atoms with Crippen molar-refractivity contribution in [1.29, 1.82) is 0 Å². The number of fused-ring (bicyclic) bond motifs is 1. The number of aliphatic imine (C=N–C) groups is 1. The molecule has 1 aliphatic heterocycles. The van der Waals surface area contributed by atoms with Crippen LogP contribution in [0.4, 0.5) is 5.82 Å². The fraction of sp³-hybridized carbons (Fsp3) is 0.423. The summed E-state index contributed by atoms with van der Waals surface area (Å²) in [6.45, 7) is 6.61. The Morgan fingerprint density at radius 3 is 2.64 bits per heavy atom. The average molecular weight is 446 g/mol. The number of benzene rings is 1. The largest absolute Gasteiger partial charge is 0.363 e. The van der Waals surface area contributed by atoms with E-state index in [1.165, 1.54) is 5.56 Å². The summed E-state index contributed by atoms with van der Waals surface area (Å²) in [5, 5.41) is 8.25. The molecule has 1 saturated heterocycles. The smallest absolute Gasteiger partial charge is 0.191 e. The van der Waals surface area contributed by atoms with Gasteiger partial charge in [0, 0.05) is 57.9 Å². The van der Waals surface area contributed by atoms with Crippen LogP contribution in [0.3, 0.4) is 0 Å². The molecule has 0 amide bonds. The minimum Gasteiger partial charge on any atom is -0.363 e. The molecule has 7 nitrogen and oxygen atoms in total. The second-order valence-electron chi connectivity index (χ2n) is 8.76. The van der Waals surface area contributed by atoms with Gasteiger partial charge in [-0.25, -0.2) is 9.98 Å². The lowest BCUT2D eigenvalue weighted by Gasteiger charge is -2.32. The van der Waals surface area contributed by atoms with Crippen molar-refractivity contribution in [2.45, 2.75) is 38.9 Å². The maximum absolute atomic E-state index is 4.94. The Bertz CT molecular complexity index is 1060. The first-order chi connectivity index (χ1) is 16.1. The van der Waals surface area contributed by atoms with Crippen molar-refractivity contribution in [3.63, 3.8) is 0 Å². The van der Waals surface area contributed by atoms with E-state index in [-0.39, 0.29) is 0 Å². The van der Waals surface area contributed by atoms with E-state index in [9.17, 15) is 0 Å². The highest BCUT2D eigenvalue weighted by Gasteiger charge is 2.20. The standard InChI is InChI=1S/C26H35N7/c1-4-27-26(30-21-12-15-33(16-13-21)19-22-9-7-8-14-28-22)29-18-20-17-25(32(2)3)31-24-11-6-5-10-23(20)24/h5-11,14,17,21H,4,12-13,15-16,18-19H2,1-3H3,(H2,27,29,30). The summed E-state index contributed by atoms with van der Waals surface area (Å²) < 4.78 is 0. The van der Waals surface area contributed by atoms with Gasteiger partial charge in [-0.2, -0.15) is 0 Å². The molecule has 0 saturated carbocycles. The van der Waals surface area contributed by atoms with E-state index >= 15 is 0 Å². The van der Waals surface area contributed by atoms with Gasteiger partial charge in [0.05, 0.1) is 17.8 Å². The van der Waals surface area contributed by atoms with Crippen LogP contribution in [0.15, 0.2) is 59.7 Å². The number of rotatable bonds is 7. The summed E-state index contributed by atoms with van der Waals surface area (Å²) in [7, 11) is 4.05. The Morgan fingerprint density at radius 1 is 1.12 bits per heavy atom. The van der Waals surface area contributed by atoms with E-state index in [0.29, 0.717) is 12.6 Å². The SMILES string of the molecule is CCNC(=NCc1cc(N(C)C)nc2ccccc12)NC1CCN(Cc2ccccn2)CC1. The first kappa shape index (κ1) is 23.0. The fourth-order valence-electron chi connectivity index (χ4n) is 4.23. The monoisotopic (exact) mass is 445 g/mol. The number of guanidine groups is 1. The molecule has 7 heteroatoms. The Morgan fingerprint density at radius 2 is 1.91 bits per heavy atom. The average Bonchev–Trinajstić information content (AvgIpc) is 2.84. The summed E-state index contributed by atoms with van der Waals surface area (Å²) in [6, 6.07) is 17.0. The zero-order chi connectivity index (χ0) is 23.0. The van der Waals surface area contributed by atoms with Crippen LogP contribution in [0.25, 0.3) is 10.9 Å².